The number of rotatable bonds is 4. The molecule has 3 rings (SSSR count). The van der Waals surface area contributed by atoms with Gasteiger partial charge in [0.1, 0.15) is 0 Å². The maximum absolute atomic E-state index is 5.67. The minimum absolute atomic E-state index is 0.548. The summed E-state index contributed by atoms with van der Waals surface area (Å²) in [7, 11) is 0. The summed E-state index contributed by atoms with van der Waals surface area (Å²) in [5, 5.41) is 4.59. The van der Waals surface area contributed by atoms with Gasteiger partial charge in [0.2, 0.25) is 0 Å². The molecule has 2 N–H and O–H groups in total. The van der Waals surface area contributed by atoms with Crippen molar-refractivity contribution in [2.75, 3.05) is 13.1 Å². The van der Waals surface area contributed by atoms with E-state index in [2.05, 4.69) is 28.8 Å². The van der Waals surface area contributed by atoms with Crippen LogP contribution in [0.1, 0.15) is 38.1 Å². The first kappa shape index (κ1) is 14.5. The van der Waals surface area contributed by atoms with Crippen molar-refractivity contribution in [3.05, 3.63) is 29.7 Å². The van der Waals surface area contributed by atoms with Crippen molar-refractivity contribution in [2.24, 2.45) is 11.7 Å². The Hall–Kier alpha value is -1.46. The first-order chi connectivity index (χ1) is 10.2. The van der Waals surface area contributed by atoms with Crippen LogP contribution in [0.2, 0.25) is 0 Å². The van der Waals surface area contributed by atoms with Gasteiger partial charge < -0.3 is 10.6 Å². The lowest BCUT2D eigenvalue weighted by Gasteiger charge is -2.34. The fourth-order valence-corrected chi connectivity index (χ4v) is 3.11. The van der Waals surface area contributed by atoms with Gasteiger partial charge in [0.15, 0.2) is 11.5 Å². The SMILES string of the molecule is CC(C)N1CCC(Cc2nc3cc(CN)ccn3n2)CC1. The Bertz CT molecular complexity index is 596. The van der Waals surface area contributed by atoms with Crippen LogP contribution in [0.25, 0.3) is 5.65 Å². The lowest BCUT2D eigenvalue weighted by Crippen LogP contribution is -2.38. The Balaban J connectivity index is 1.65. The lowest BCUT2D eigenvalue weighted by molar-refractivity contribution is 0.148. The second kappa shape index (κ2) is 6.12. The zero-order valence-electron chi connectivity index (χ0n) is 13.0. The molecular weight excluding hydrogens is 262 g/mol. The molecular formula is C16H25N5. The van der Waals surface area contributed by atoms with E-state index in [9.17, 15) is 0 Å². The van der Waals surface area contributed by atoms with Gasteiger partial charge in [0, 0.05) is 25.2 Å². The molecule has 0 saturated carbocycles. The zero-order valence-corrected chi connectivity index (χ0v) is 13.0. The molecule has 5 heteroatoms. The quantitative estimate of drug-likeness (QED) is 0.932. The van der Waals surface area contributed by atoms with Crippen molar-refractivity contribution < 1.29 is 0 Å². The molecule has 0 aliphatic carbocycles. The molecule has 0 bridgehead atoms. The third-order valence-corrected chi connectivity index (χ3v) is 4.53. The van der Waals surface area contributed by atoms with Gasteiger partial charge >= 0.3 is 0 Å². The fraction of sp³-hybridized carbons (Fsp3) is 0.625. The number of likely N-dealkylation sites (tertiary alicyclic amines) is 1. The van der Waals surface area contributed by atoms with E-state index in [4.69, 9.17) is 5.73 Å². The van der Waals surface area contributed by atoms with Gasteiger partial charge in [-0.2, -0.15) is 5.10 Å². The Morgan fingerprint density at radius 1 is 1.33 bits per heavy atom. The van der Waals surface area contributed by atoms with Crippen LogP contribution in [0.4, 0.5) is 0 Å². The van der Waals surface area contributed by atoms with Gasteiger partial charge in [0.25, 0.3) is 0 Å². The van der Waals surface area contributed by atoms with Crippen LogP contribution in [-0.4, -0.2) is 38.6 Å². The topological polar surface area (TPSA) is 59.5 Å². The van der Waals surface area contributed by atoms with Crippen molar-refractivity contribution in [2.45, 2.75) is 45.7 Å². The average molecular weight is 287 g/mol. The minimum Gasteiger partial charge on any atom is -0.326 e. The van der Waals surface area contributed by atoms with Crippen LogP contribution in [0, 0.1) is 5.92 Å². The number of aromatic nitrogens is 3. The Morgan fingerprint density at radius 3 is 2.76 bits per heavy atom. The smallest absolute Gasteiger partial charge is 0.155 e. The predicted molar refractivity (Wildman–Crippen MR) is 84.0 cm³/mol. The van der Waals surface area contributed by atoms with Gasteiger partial charge in [-0.15, -0.1) is 0 Å². The molecule has 5 nitrogen and oxygen atoms in total. The molecule has 21 heavy (non-hydrogen) atoms. The van der Waals surface area contributed by atoms with Crippen molar-refractivity contribution in [1.29, 1.82) is 0 Å². The van der Waals surface area contributed by atoms with Crippen molar-refractivity contribution in [3.63, 3.8) is 0 Å². The van der Waals surface area contributed by atoms with E-state index < -0.39 is 0 Å². The molecule has 2 aromatic rings. The normalized spacial score (nSPS) is 17.9. The average Bonchev–Trinajstić information content (AvgIpc) is 2.88. The summed E-state index contributed by atoms with van der Waals surface area (Å²) in [6.07, 6.45) is 5.45. The summed E-state index contributed by atoms with van der Waals surface area (Å²) in [5.41, 5.74) is 7.69. The number of nitrogens with two attached hydrogens (primary N) is 1. The van der Waals surface area contributed by atoms with E-state index in [1.165, 1.54) is 25.9 Å². The monoisotopic (exact) mass is 287 g/mol. The van der Waals surface area contributed by atoms with E-state index in [1.807, 2.05) is 22.8 Å². The molecule has 3 heterocycles. The van der Waals surface area contributed by atoms with E-state index in [1.54, 1.807) is 0 Å². The van der Waals surface area contributed by atoms with Crippen molar-refractivity contribution in [3.8, 4) is 0 Å². The Labute approximate surface area is 126 Å². The van der Waals surface area contributed by atoms with Crippen molar-refractivity contribution in [1.82, 2.24) is 19.5 Å². The van der Waals surface area contributed by atoms with E-state index >= 15 is 0 Å². The molecule has 0 spiro atoms. The highest BCUT2D eigenvalue weighted by Crippen LogP contribution is 2.22. The van der Waals surface area contributed by atoms with E-state index in [-0.39, 0.29) is 0 Å². The van der Waals surface area contributed by atoms with Crippen LogP contribution in [0.15, 0.2) is 18.3 Å². The Morgan fingerprint density at radius 2 is 2.10 bits per heavy atom. The summed E-state index contributed by atoms with van der Waals surface area (Å²) in [5.74, 6) is 1.68. The molecule has 0 radical (unpaired) electrons. The lowest BCUT2D eigenvalue weighted by atomic mass is 9.93. The second-order valence-corrected chi connectivity index (χ2v) is 6.35. The van der Waals surface area contributed by atoms with Crippen LogP contribution in [0.3, 0.4) is 0 Å². The van der Waals surface area contributed by atoms with Gasteiger partial charge in [0.05, 0.1) is 0 Å². The highest BCUT2D eigenvalue weighted by atomic mass is 15.3. The fourth-order valence-electron chi connectivity index (χ4n) is 3.11. The number of piperidine rings is 1. The molecule has 1 fully saturated rings. The van der Waals surface area contributed by atoms with Crippen LogP contribution in [0.5, 0.6) is 0 Å². The second-order valence-electron chi connectivity index (χ2n) is 6.35. The van der Waals surface area contributed by atoms with Gasteiger partial charge in [-0.05, 0) is 63.4 Å². The third kappa shape index (κ3) is 3.24. The molecule has 2 aromatic heterocycles. The first-order valence-corrected chi connectivity index (χ1v) is 7.94. The highest BCUT2D eigenvalue weighted by molar-refractivity contribution is 5.40. The highest BCUT2D eigenvalue weighted by Gasteiger charge is 2.22. The van der Waals surface area contributed by atoms with E-state index in [0.717, 1.165) is 23.5 Å². The standard InChI is InChI=1S/C16H25N5/c1-12(2)20-6-3-13(4-7-20)9-15-18-16-10-14(11-17)5-8-21(16)19-15/h5,8,10,12-13H,3-4,6-7,9,11,17H2,1-2H3. The van der Waals surface area contributed by atoms with E-state index in [0.29, 0.717) is 18.5 Å². The van der Waals surface area contributed by atoms with Crippen molar-refractivity contribution >= 4 is 5.65 Å². The number of pyridine rings is 1. The zero-order chi connectivity index (χ0) is 14.8. The molecule has 0 atom stereocenters. The number of fused-ring (bicyclic) bond motifs is 1. The molecule has 0 unspecified atom stereocenters. The van der Waals surface area contributed by atoms with Crippen LogP contribution in [-0.2, 0) is 13.0 Å². The molecule has 114 valence electrons. The molecule has 1 saturated heterocycles. The summed E-state index contributed by atoms with van der Waals surface area (Å²) in [6, 6.07) is 4.69. The van der Waals surface area contributed by atoms with Gasteiger partial charge in [-0.3, -0.25) is 0 Å². The summed E-state index contributed by atoms with van der Waals surface area (Å²) < 4.78 is 1.86. The minimum atomic E-state index is 0.548. The predicted octanol–water partition coefficient (Wildman–Crippen LogP) is 1.85. The molecule has 1 aliphatic heterocycles. The maximum Gasteiger partial charge on any atom is 0.155 e. The number of hydrogen-bond acceptors (Lipinski definition) is 4. The summed E-state index contributed by atoms with van der Waals surface area (Å²) >= 11 is 0. The number of nitrogens with zero attached hydrogens (tertiary/aromatic N) is 4. The molecule has 0 aromatic carbocycles. The van der Waals surface area contributed by atoms with Gasteiger partial charge in [-0.1, -0.05) is 0 Å². The van der Waals surface area contributed by atoms with Gasteiger partial charge in [-0.25, -0.2) is 9.50 Å². The Kier molecular flexibility index (Phi) is 4.22. The molecule has 1 aliphatic rings. The maximum atomic E-state index is 5.67. The number of hydrogen-bond donors (Lipinski definition) is 1. The summed E-state index contributed by atoms with van der Waals surface area (Å²) in [4.78, 5) is 7.21. The molecule has 0 amide bonds. The first-order valence-electron chi connectivity index (χ1n) is 7.94. The summed E-state index contributed by atoms with van der Waals surface area (Å²) in [6.45, 7) is 7.50. The van der Waals surface area contributed by atoms with Crippen LogP contribution >= 0.6 is 0 Å². The largest absolute Gasteiger partial charge is 0.326 e. The van der Waals surface area contributed by atoms with Crippen LogP contribution < -0.4 is 5.73 Å². The third-order valence-electron chi connectivity index (χ3n) is 4.53.